The van der Waals surface area contributed by atoms with Gasteiger partial charge in [0.1, 0.15) is 0 Å². The third-order valence-electron chi connectivity index (χ3n) is 4.00. The Balaban J connectivity index is 1.66. The molecule has 3 aromatic rings. The first-order chi connectivity index (χ1) is 13.9. The van der Waals surface area contributed by atoms with Gasteiger partial charge in [-0.15, -0.1) is 0 Å². The molecular formula is C22H17Cl2N3O2. The lowest BCUT2D eigenvalue weighted by atomic mass is 10.1. The molecule has 0 unspecified atom stereocenters. The third-order valence-corrected chi connectivity index (χ3v) is 4.56. The Bertz CT molecular complexity index is 1100. The summed E-state index contributed by atoms with van der Waals surface area (Å²) in [5, 5.41) is 7.65. The van der Waals surface area contributed by atoms with Gasteiger partial charge < -0.3 is 5.32 Å². The Morgan fingerprint density at radius 2 is 1.62 bits per heavy atom. The fraction of sp³-hybridized carbons (Fsp3) is 0.0455. The summed E-state index contributed by atoms with van der Waals surface area (Å²) in [6.45, 7) is 1.92. The molecule has 2 amide bonds. The number of anilines is 1. The van der Waals surface area contributed by atoms with Crippen molar-refractivity contribution in [2.24, 2.45) is 5.10 Å². The van der Waals surface area contributed by atoms with Crippen molar-refractivity contribution in [2.75, 3.05) is 5.32 Å². The van der Waals surface area contributed by atoms with Gasteiger partial charge in [-0.25, -0.2) is 5.43 Å². The van der Waals surface area contributed by atoms with Crippen LogP contribution < -0.4 is 10.7 Å². The van der Waals surface area contributed by atoms with E-state index in [4.69, 9.17) is 23.2 Å². The van der Waals surface area contributed by atoms with Gasteiger partial charge >= 0.3 is 0 Å². The predicted molar refractivity (Wildman–Crippen MR) is 117 cm³/mol. The Labute approximate surface area is 178 Å². The number of hydrazone groups is 1. The highest BCUT2D eigenvalue weighted by molar-refractivity contribution is 6.36. The highest BCUT2D eigenvalue weighted by Gasteiger charge is 2.09. The molecule has 0 bridgehead atoms. The number of aryl methyl sites for hydroxylation is 1. The third kappa shape index (κ3) is 5.67. The number of halogens is 2. The van der Waals surface area contributed by atoms with Crippen molar-refractivity contribution in [1.82, 2.24) is 5.43 Å². The van der Waals surface area contributed by atoms with Gasteiger partial charge in [0.2, 0.25) is 0 Å². The van der Waals surface area contributed by atoms with Crippen molar-refractivity contribution < 1.29 is 9.59 Å². The first-order valence-corrected chi connectivity index (χ1v) is 9.44. The molecule has 0 spiro atoms. The van der Waals surface area contributed by atoms with Crippen LogP contribution in [-0.4, -0.2) is 18.0 Å². The molecule has 7 heteroatoms. The normalized spacial score (nSPS) is 10.7. The van der Waals surface area contributed by atoms with Crippen molar-refractivity contribution >= 4 is 46.9 Å². The maximum atomic E-state index is 12.4. The fourth-order valence-electron chi connectivity index (χ4n) is 2.56. The lowest BCUT2D eigenvalue weighted by Crippen LogP contribution is -2.18. The predicted octanol–water partition coefficient (Wildman–Crippen LogP) is 5.32. The molecule has 29 heavy (non-hydrogen) atoms. The second-order valence-corrected chi connectivity index (χ2v) is 7.11. The quantitative estimate of drug-likeness (QED) is 0.428. The summed E-state index contributed by atoms with van der Waals surface area (Å²) in [6, 6.07) is 18.8. The molecule has 0 atom stereocenters. The standard InChI is InChI=1S/C22H17Cl2N3O2/c1-14-4-2-5-15(10-14)21(28)26-19-7-3-6-16(11-19)22(29)27-25-13-17-8-9-18(23)12-20(17)24/h2-13H,1H3,(H,26,28)(H,27,29)/b25-13+. The lowest BCUT2D eigenvalue weighted by molar-refractivity contribution is 0.0953. The number of carbonyl (C=O) groups excluding carboxylic acids is 2. The van der Waals surface area contributed by atoms with Crippen LogP contribution in [0, 0.1) is 6.92 Å². The van der Waals surface area contributed by atoms with Crippen LogP contribution >= 0.6 is 23.2 Å². The topological polar surface area (TPSA) is 70.6 Å². The molecule has 0 radical (unpaired) electrons. The number of hydrogen-bond donors (Lipinski definition) is 2. The number of rotatable bonds is 5. The summed E-state index contributed by atoms with van der Waals surface area (Å²) in [7, 11) is 0. The molecule has 0 aliphatic carbocycles. The smallest absolute Gasteiger partial charge is 0.271 e. The number of hydrogen-bond acceptors (Lipinski definition) is 3. The summed E-state index contributed by atoms with van der Waals surface area (Å²) in [5.74, 6) is -0.667. The van der Waals surface area contributed by atoms with E-state index in [0.717, 1.165) is 5.56 Å². The number of carbonyl (C=O) groups is 2. The zero-order valence-corrected chi connectivity index (χ0v) is 17.0. The monoisotopic (exact) mass is 425 g/mol. The summed E-state index contributed by atoms with van der Waals surface area (Å²) < 4.78 is 0. The van der Waals surface area contributed by atoms with Crippen LogP contribution in [0.1, 0.15) is 31.8 Å². The molecule has 5 nitrogen and oxygen atoms in total. The lowest BCUT2D eigenvalue weighted by Gasteiger charge is -2.07. The molecule has 0 saturated heterocycles. The average molecular weight is 426 g/mol. The van der Waals surface area contributed by atoms with Gasteiger partial charge in [-0.2, -0.15) is 5.10 Å². The van der Waals surface area contributed by atoms with Crippen molar-refractivity contribution in [3.05, 3.63) is 99.0 Å². The van der Waals surface area contributed by atoms with Crippen molar-refractivity contribution in [2.45, 2.75) is 6.92 Å². The largest absolute Gasteiger partial charge is 0.322 e. The van der Waals surface area contributed by atoms with Crippen molar-refractivity contribution in [1.29, 1.82) is 0 Å². The van der Waals surface area contributed by atoms with E-state index in [1.165, 1.54) is 6.21 Å². The number of nitrogens with one attached hydrogen (secondary N) is 2. The van der Waals surface area contributed by atoms with Crippen LogP contribution in [-0.2, 0) is 0 Å². The fourth-order valence-corrected chi connectivity index (χ4v) is 3.02. The zero-order valence-electron chi connectivity index (χ0n) is 15.4. The second kappa shape index (κ2) is 9.37. The Morgan fingerprint density at radius 3 is 2.34 bits per heavy atom. The van der Waals surface area contributed by atoms with E-state index in [9.17, 15) is 9.59 Å². The van der Waals surface area contributed by atoms with E-state index < -0.39 is 5.91 Å². The van der Waals surface area contributed by atoms with Gasteiger partial charge in [-0.1, -0.05) is 53.0 Å². The molecule has 3 rings (SSSR count). The maximum Gasteiger partial charge on any atom is 0.271 e. The molecule has 0 fully saturated rings. The Hall–Kier alpha value is -3.15. The van der Waals surface area contributed by atoms with Gasteiger partial charge in [0.25, 0.3) is 11.8 Å². The van der Waals surface area contributed by atoms with E-state index in [1.54, 1.807) is 54.6 Å². The molecule has 0 saturated carbocycles. The molecule has 146 valence electrons. The number of nitrogens with zero attached hydrogens (tertiary/aromatic N) is 1. The number of benzene rings is 3. The average Bonchev–Trinajstić information content (AvgIpc) is 2.69. The van der Waals surface area contributed by atoms with Crippen LogP contribution in [0.2, 0.25) is 10.0 Å². The minimum atomic E-state index is -0.419. The van der Waals surface area contributed by atoms with Crippen molar-refractivity contribution in [3.63, 3.8) is 0 Å². The molecule has 0 aromatic heterocycles. The molecule has 3 aromatic carbocycles. The maximum absolute atomic E-state index is 12.4. The summed E-state index contributed by atoms with van der Waals surface area (Å²) in [6.07, 6.45) is 1.43. The van der Waals surface area contributed by atoms with E-state index >= 15 is 0 Å². The number of amides is 2. The summed E-state index contributed by atoms with van der Waals surface area (Å²) >= 11 is 11.9. The second-order valence-electron chi connectivity index (χ2n) is 6.27. The van der Waals surface area contributed by atoms with Crippen LogP contribution in [0.4, 0.5) is 5.69 Å². The van der Waals surface area contributed by atoms with Crippen LogP contribution in [0.3, 0.4) is 0 Å². The minimum absolute atomic E-state index is 0.248. The summed E-state index contributed by atoms with van der Waals surface area (Å²) in [4.78, 5) is 24.7. The zero-order chi connectivity index (χ0) is 20.8. The van der Waals surface area contributed by atoms with E-state index in [-0.39, 0.29) is 5.91 Å². The van der Waals surface area contributed by atoms with Crippen molar-refractivity contribution in [3.8, 4) is 0 Å². The van der Waals surface area contributed by atoms with Crippen LogP contribution in [0.25, 0.3) is 0 Å². The van der Waals surface area contributed by atoms with Crippen LogP contribution in [0.15, 0.2) is 71.8 Å². The highest BCUT2D eigenvalue weighted by atomic mass is 35.5. The first kappa shape index (κ1) is 20.6. The highest BCUT2D eigenvalue weighted by Crippen LogP contribution is 2.19. The van der Waals surface area contributed by atoms with Gasteiger partial charge in [0, 0.05) is 27.4 Å². The molecular weight excluding hydrogens is 409 g/mol. The molecule has 0 aliphatic heterocycles. The Morgan fingerprint density at radius 1 is 0.897 bits per heavy atom. The van der Waals surface area contributed by atoms with Gasteiger partial charge in [0.15, 0.2) is 0 Å². The van der Waals surface area contributed by atoms with E-state index in [2.05, 4.69) is 15.8 Å². The van der Waals surface area contributed by atoms with Gasteiger partial charge in [-0.3, -0.25) is 9.59 Å². The molecule has 0 aliphatic rings. The van der Waals surface area contributed by atoms with E-state index in [1.807, 2.05) is 19.1 Å². The molecule has 0 heterocycles. The molecule has 2 N–H and O–H groups in total. The first-order valence-electron chi connectivity index (χ1n) is 8.69. The minimum Gasteiger partial charge on any atom is -0.322 e. The van der Waals surface area contributed by atoms with Crippen LogP contribution in [0.5, 0.6) is 0 Å². The Kier molecular flexibility index (Phi) is 6.65. The van der Waals surface area contributed by atoms with Gasteiger partial charge in [-0.05, 0) is 49.4 Å². The summed E-state index contributed by atoms with van der Waals surface area (Å²) in [5.41, 5.74) is 5.45. The van der Waals surface area contributed by atoms with E-state index in [0.29, 0.717) is 32.4 Å². The SMILES string of the molecule is Cc1cccc(C(=O)Nc2cccc(C(=O)N/N=C/c3ccc(Cl)cc3Cl)c2)c1. The van der Waals surface area contributed by atoms with Gasteiger partial charge in [0.05, 0.1) is 11.2 Å².